The first kappa shape index (κ1) is 21.0. The Balaban J connectivity index is 1.92. The fourth-order valence-corrected chi connectivity index (χ4v) is 2.41. The fourth-order valence-electron chi connectivity index (χ4n) is 2.00. The van der Waals surface area contributed by atoms with Crippen LogP contribution in [0.3, 0.4) is 0 Å². The van der Waals surface area contributed by atoms with E-state index in [9.17, 15) is 9.59 Å². The van der Waals surface area contributed by atoms with Crippen LogP contribution in [0.25, 0.3) is 0 Å². The molecular weight excluding hydrogens is 391 g/mol. The Morgan fingerprint density at radius 1 is 1.19 bits per heavy atom. The molecule has 0 spiro atoms. The summed E-state index contributed by atoms with van der Waals surface area (Å²) in [5.74, 6) is -0.113. The summed E-state index contributed by atoms with van der Waals surface area (Å²) in [7, 11) is 0. The van der Waals surface area contributed by atoms with Crippen molar-refractivity contribution in [3.63, 3.8) is 0 Å². The summed E-state index contributed by atoms with van der Waals surface area (Å²) in [6.07, 6.45) is 0. The number of pyridine rings is 1. The van der Waals surface area contributed by atoms with Gasteiger partial charge in [0.05, 0.1) is 27.9 Å². The molecular formula is C19H20Cl2N2O4. The molecule has 0 unspecified atom stereocenters. The minimum absolute atomic E-state index is 0.156. The summed E-state index contributed by atoms with van der Waals surface area (Å²) in [6.45, 7) is 5.80. The topological polar surface area (TPSA) is 77.5 Å². The number of nitrogens with zero attached hydrogens (tertiary/aromatic N) is 1. The lowest BCUT2D eigenvalue weighted by Gasteiger charge is -2.10. The van der Waals surface area contributed by atoms with Crippen LogP contribution in [-0.4, -0.2) is 30.1 Å². The number of carbonyl (C=O) groups excluding carboxylic acids is 2. The van der Waals surface area contributed by atoms with E-state index in [4.69, 9.17) is 32.7 Å². The molecule has 2 rings (SSSR count). The van der Waals surface area contributed by atoms with E-state index in [1.165, 1.54) is 6.07 Å². The van der Waals surface area contributed by atoms with Crippen LogP contribution >= 0.6 is 23.2 Å². The van der Waals surface area contributed by atoms with Crippen molar-refractivity contribution in [2.45, 2.75) is 20.8 Å². The first-order chi connectivity index (χ1) is 12.8. The number of nitrogens with one attached hydrogen (secondary N) is 1. The molecule has 2 aromatic rings. The number of rotatable bonds is 7. The van der Waals surface area contributed by atoms with Gasteiger partial charge in [0.15, 0.2) is 12.4 Å². The molecule has 1 aromatic carbocycles. The zero-order valence-electron chi connectivity index (χ0n) is 15.2. The van der Waals surface area contributed by atoms with E-state index in [0.29, 0.717) is 34.6 Å². The molecule has 6 nitrogen and oxygen atoms in total. The van der Waals surface area contributed by atoms with Gasteiger partial charge in [-0.1, -0.05) is 43.1 Å². The summed E-state index contributed by atoms with van der Waals surface area (Å²) in [6, 6.07) is 8.08. The highest BCUT2D eigenvalue weighted by atomic mass is 35.5. The summed E-state index contributed by atoms with van der Waals surface area (Å²) < 4.78 is 10.6. The van der Waals surface area contributed by atoms with Crippen molar-refractivity contribution >= 4 is 40.9 Å². The Kier molecular flexibility index (Phi) is 7.45. The van der Waals surface area contributed by atoms with Gasteiger partial charge in [-0.05, 0) is 37.1 Å². The third-order valence-corrected chi connectivity index (χ3v) is 4.02. The second kappa shape index (κ2) is 9.58. The van der Waals surface area contributed by atoms with Crippen LogP contribution in [0.1, 0.15) is 29.9 Å². The first-order valence-electron chi connectivity index (χ1n) is 8.28. The Hall–Kier alpha value is -2.31. The van der Waals surface area contributed by atoms with Crippen LogP contribution in [0.2, 0.25) is 10.0 Å². The van der Waals surface area contributed by atoms with E-state index in [0.717, 1.165) is 0 Å². The van der Waals surface area contributed by atoms with Gasteiger partial charge in [0.2, 0.25) is 0 Å². The fraction of sp³-hybridized carbons (Fsp3) is 0.316. The normalized spacial score (nSPS) is 10.6. The highest BCUT2D eigenvalue weighted by molar-refractivity contribution is 6.36. The predicted octanol–water partition coefficient (Wildman–Crippen LogP) is 4.53. The quantitative estimate of drug-likeness (QED) is 0.678. The minimum atomic E-state index is -0.633. The van der Waals surface area contributed by atoms with Crippen molar-refractivity contribution in [2.75, 3.05) is 18.5 Å². The van der Waals surface area contributed by atoms with Crippen molar-refractivity contribution in [2.24, 2.45) is 5.92 Å². The van der Waals surface area contributed by atoms with Crippen LogP contribution in [0, 0.1) is 12.8 Å². The zero-order valence-corrected chi connectivity index (χ0v) is 16.7. The van der Waals surface area contributed by atoms with E-state index in [-0.39, 0.29) is 10.8 Å². The third-order valence-electron chi connectivity index (χ3n) is 3.35. The SMILES string of the molecule is Cc1nc(NC(=O)COC(=O)c2cccc(OCC(C)C)c2)c(Cl)cc1Cl. The molecule has 0 aliphatic heterocycles. The second-order valence-corrected chi connectivity index (χ2v) is 7.06. The molecule has 0 fully saturated rings. The number of aromatic nitrogens is 1. The Morgan fingerprint density at radius 3 is 2.63 bits per heavy atom. The number of hydrogen-bond acceptors (Lipinski definition) is 5. The molecule has 0 atom stereocenters. The van der Waals surface area contributed by atoms with Crippen LogP contribution in [0.5, 0.6) is 5.75 Å². The van der Waals surface area contributed by atoms with Gasteiger partial charge in [-0.25, -0.2) is 9.78 Å². The van der Waals surface area contributed by atoms with E-state index in [1.54, 1.807) is 31.2 Å². The molecule has 144 valence electrons. The maximum absolute atomic E-state index is 12.1. The van der Waals surface area contributed by atoms with Crippen molar-refractivity contribution in [3.05, 3.63) is 51.6 Å². The second-order valence-electron chi connectivity index (χ2n) is 6.24. The van der Waals surface area contributed by atoms with Gasteiger partial charge < -0.3 is 14.8 Å². The lowest BCUT2D eigenvalue weighted by atomic mass is 10.2. The molecule has 27 heavy (non-hydrogen) atoms. The number of carbonyl (C=O) groups is 2. The molecule has 1 heterocycles. The van der Waals surface area contributed by atoms with Gasteiger partial charge in [-0.2, -0.15) is 0 Å². The largest absolute Gasteiger partial charge is 0.493 e. The van der Waals surface area contributed by atoms with Crippen LogP contribution in [0.4, 0.5) is 5.82 Å². The molecule has 1 amide bonds. The number of anilines is 1. The molecule has 0 saturated carbocycles. The molecule has 0 bridgehead atoms. The number of esters is 1. The van der Waals surface area contributed by atoms with Crippen molar-refractivity contribution in [1.82, 2.24) is 4.98 Å². The number of hydrogen-bond donors (Lipinski definition) is 1. The number of ether oxygens (including phenoxy) is 2. The average molecular weight is 411 g/mol. The van der Waals surface area contributed by atoms with Gasteiger partial charge in [-0.15, -0.1) is 0 Å². The van der Waals surface area contributed by atoms with Crippen molar-refractivity contribution in [1.29, 1.82) is 0 Å². The van der Waals surface area contributed by atoms with E-state index < -0.39 is 18.5 Å². The monoisotopic (exact) mass is 410 g/mol. The summed E-state index contributed by atoms with van der Waals surface area (Å²) >= 11 is 11.9. The standard InChI is InChI=1S/C19H20Cl2N2O4/c1-11(2)9-26-14-6-4-5-13(7-14)19(25)27-10-17(24)23-18-16(21)8-15(20)12(3)22-18/h4-8,11H,9-10H2,1-3H3,(H,22,23,24). The highest BCUT2D eigenvalue weighted by Crippen LogP contribution is 2.25. The van der Waals surface area contributed by atoms with Crippen LogP contribution in [-0.2, 0) is 9.53 Å². The number of benzene rings is 1. The summed E-state index contributed by atoms with van der Waals surface area (Å²) in [5.41, 5.74) is 0.814. The lowest BCUT2D eigenvalue weighted by Crippen LogP contribution is -2.21. The number of amides is 1. The molecule has 0 aliphatic rings. The average Bonchev–Trinajstić information content (AvgIpc) is 2.62. The molecule has 0 saturated heterocycles. The Labute approximate surface area is 167 Å². The summed E-state index contributed by atoms with van der Waals surface area (Å²) in [4.78, 5) is 28.2. The molecule has 0 aliphatic carbocycles. The van der Waals surface area contributed by atoms with E-state index >= 15 is 0 Å². The Morgan fingerprint density at radius 2 is 1.93 bits per heavy atom. The van der Waals surface area contributed by atoms with Gasteiger partial charge in [0.1, 0.15) is 5.75 Å². The molecule has 1 N–H and O–H groups in total. The van der Waals surface area contributed by atoms with Crippen molar-refractivity contribution in [3.8, 4) is 5.75 Å². The smallest absolute Gasteiger partial charge is 0.338 e. The lowest BCUT2D eigenvalue weighted by molar-refractivity contribution is -0.119. The third kappa shape index (κ3) is 6.41. The van der Waals surface area contributed by atoms with Gasteiger partial charge >= 0.3 is 5.97 Å². The van der Waals surface area contributed by atoms with Crippen LogP contribution < -0.4 is 10.1 Å². The first-order valence-corrected chi connectivity index (χ1v) is 9.04. The minimum Gasteiger partial charge on any atom is -0.493 e. The van der Waals surface area contributed by atoms with E-state index in [2.05, 4.69) is 10.3 Å². The number of halogens is 2. The molecule has 8 heteroatoms. The number of aryl methyl sites for hydroxylation is 1. The van der Waals surface area contributed by atoms with Crippen molar-refractivity contribution < 1.29 is 19.1 Å². The molecule has 1 aromatic heterocycles. The maximum Gasteiger partial charge on any atom is 0.338 e. The highest BCUT2D eigenvalue weighted by Gasteiger charge is 2.14. The Bertz CT molecular complexity index is 840. The maximum atomic E-state index is 12.1. The zero-order chi connectivity index (χ0) is 20.0. The van der Waals surface area contributed by atoms with Gasteiger partial charge in [0, 0.05) is 0 Å². The van der Waals surface area contributed by atoms with Gasteiger partial charge in [0.25, 0.3) is 5.91 Å². The van der Waals surface area contributed by atoms with Gasteiger partial charge in [-0.3, -0.25) is 4.79 Å². The van der Waals surface area contributed by atoms with Crippen LogP contribution in [0.15, 0.2) is 30.3 Å². The predicted molar refractivity (Wildman–Crippen MR) is 105 cm³/mol. The van der Waals surface area contributed by atoms with E-state index in [1.807, 2.05) is 13.8 Å². The molecule has 0 radical (unpaired) electrons. The summed E-state index contributed by atoms with van der Waals surface area (Å²) in [5, 5.41) is 3.07.